The molecule has 2 aromatic rings. The number of hydrogen-bond donors (Lipinski definition) is 0. The van der Waals surface area contributed by atoms with E-state index in [0.29, 0.717) is 5.92 Å². The van der Waals surface area contributed by atoms with Crippen molar-refractivity contribution >= 4 is 17.2 Å². The van der Waals surface area contributed by atoms with Crippen LogP contribution in [0, 0.1) is 0 Å². The lowest BCUT2D eigenvalue weighted by Gasteiger charge is -2.06. The van der Waals surface area contributed by atoms with Crippen molar-refractivity contribution in [2.75, 3.05) is 14.1 Å². The fourth-order valence-corrected chi connectivity index (χ4v) is 2.94. The third-order valence-corrected chi connectivity index (χ3v) is 4.08. The third kappa shape index (κ3) is 2.71. The molecule has 19 heavy (non-hydrogen) atoms. The van der Waals surface area contributed by atoms with Crippen LogP contribution in [0.1, 0.15) is 35.1 Å². The molecule has 5 heteroatoms. The van der Waals surface area contributed by atoms with E-state index in [9.17, 15) is 4.79 Å². The minimum absolute atomic E-state index is 0.0382. The Kier molecular flexibility index (Phi) is 3.75. The molecule has 0 saturated heterocycles. The van der Waals surface area contributed by atoms with E-state index >= 15 is 0 Å². The molecule has 0 fully saturated rings. The van der Waals surface area contributed by atoms with Crippen molar-refractivity contribution in [2.45, 2.75) is 19.8 Å². The van der Waals surface area contributed by atoms with Crippen molar-refractivity contribution in [3.63, 3.8) is 0 Å². The van der Waals surface area contributed by atoms with Gasteiger partial charge in [-0.25, -0.2) is 0 Å². The average molecular weight is 277 g/mol. The molecule has 2 heterocycles. The van der Waals surface area contributed by atoms with Crippen LogP contribution in [0.5, 0.6) is 0 Å². The van der Waals surface area contributed by atoms with Crippen LogP contribution in [0.25, 0.3) is 10.6 Å². The Balaban J connectivity index is 2.33. The molecule has 1 amide bonds. The van der Waals surface area contributed by atoms with Crippen LogP contribution >= 0.6 is 11.3 Å². The summed E-state index contributed by atoms with van der Waals surface area (Å²) in [7, 11) is 5.48. The molecule has 102 valence electrons. The minimum atomic E-state index is 0.0382. The van der Waals surface area contributed by atoms with E-state index in [2.05, 4.69) is 25.0 Å². The van der Waals surface area contributed by atoms with Crippen LogP contribution in [0.15, 0.2) is 18.2 Å². The van der Waals surface area contributed by atoms with Crippen LogP contribution in [-0.2, 0) is 7.05 Å². The predicted octanol–water partition coefficient (Wildman–Crippen LogP) is 2.97. The maximum absolute atomic E-state index is 11.9. The second kappa shape index (κ2) is 5.17. The number of amides is 1. The highest BCUT2D eigenvalue weighted by molar-refractivity contribution is 7.17. The van der Waals surface area contributed by atoms with Crippen molar-refractivity contribution in [3.8, 4) is 10.6 Å². The van der Waals surface area contributed by atoms with E-state index in [4.69, 9.17) is 0 Å². The van der Waals surface area contributed by atoms with Crippen LogP contribution in [-0.4, -0.2) is 34.7 Å². The number of nitrogens with zero attached hydrogens (tertiary/aromatic N) is 3. The molecule has 0 atom stereocenters. The van der Waals surface area contributed by atoms with Gasteiger partial charge < -0.3 is 4.90 Å². The predicted molar refractivity (Wildman–Crippen MR) is 78.6 cm³/mol. The van der Waals surface area contributed by atoms with E-state index < -0.39 is 0 Å². The largest absolute Gasteiger partial charge is 0.344 e. The van der Waals surface area contributed by atoms with Gasteiger partial charge in [-0.2, -0.15) is 5.10 Å². The molecular formula is C14H19N3OS. The minimum Gasteiger partial charge on any atom is -0.344 e. The van der Waals surface area contributed by atoms with Crippen molar-refractivity contribution in [2.24, 2.45) is 7.05 Å². The Hall–Kier alpha value is -1.62. The van der Waals surface area contributed by atoms with Gasteiger partial charge in [-0.3, -0.25) is 9.48 Å². The summed E-state index contributed by atoms with van der Waals surface area (Å²) in [6, 6.07) is 5.93. The maximum atomic E-state index is 11.9. The second-order valence-corrected chi connectivity index (χ2v) is 6.18. The summed E-state index contributed by atoms with van der Waals surface area (Å²) in [5.74, 6) is 0.477. The van der Waals surface area contributed by atoms with Crippen LogP contribution in [0.3, 0.4) is 0 Å². The topological polar surface area (TPSA) is 38.1 Å². The van der Waals surface area contributed by atoms with E-state index in [1.807, 2.05) is 23.9 Å². The summed E-state index contributed by atoms with van der Waals surface area (Å²) in [6.45, 7) is 4.30. The van der Waals surface area contributed by atoms with Crippen LogP contribution in [0.4, 0.5) is 0 Å². The number of thiophene rings is 1. The van der Waals surface area contributed by atoms with Crippen LogP contribution in [0.2, 0.25) is 0 Å². The number of carbonyl (C=O) groups is 1. The highest BCUT2D eigenvalue weighted by Crippen LogP contribution is 2.29. The van der Waals surface area contributed by atoms with Gasteiger partial charge in [-0.15, -0.1) is 11.3 Å². The zero-order valence-corrected chi connectivity index (χ0v) is 12.8. The Morgan fingerprint density at radius 2 is 2.05 bits per heavy atom. The molecule has 0 saturated carbocycles. The van der Waals surface area contributed by atoms with Gasteiger partial charge in [0.15, 0.2) is 0 Å². The molecule has 0 bridgehead atoms. The molecular weight excluding hydrogens is 258 g/mol. The highest BCUT2D eigenvalue weighted by Gasteiger charge is 2.15. The standard InChI is InChI=1S/C14H19N3OS/c1-9(2)11-8-10(15-17(11)5)12-6-7-13(19-12)14(18)16(3)4/h6-9H,1-5H3. The average Bonchev–Trinajstić information content (AvgIpc) is 2.93. The van der Waals surface area contributed by atoms with Gasteiger partial charge in [0.1, 0.15) is 5.69 Å². The smallest absolute Gasteiger partial charge is 0.263 e. The summed E-state index contributed by atoms with van der Waals surface area (Å²) < 4.78 is 1.91. The molecule has 0 unspecified atom stereocenters. The summed E-state index contributed by atoms with van der Waals surface area (Å²) in [4.78, 5) is 15.3. The fraction of sp³-hybridized carbons (Fsp3) is 0.429. The Bertz CT molecular complexity index is 596. The molecule has 0 N–H and O–H groups in total. The normalized spacial score (nSPS) is 11.1. The first-order valence-electron chi connectivity index (χ1n) is 6.26. The lowest BCUT2D eigenvalue weighted by atomic mass is 10.1. The zero-order valence-electron chi connectivity index (χ0n) is 12.0. The first-order valence-corrected chi connectivity index (χ1v) is 7.07. The summed E-state index contributed by atoms with van der Waals surface area (Å²) in [6.07, 6.45) is 0. The SMILES string of the molecule is CC(C)c1cc(-c2ccc(C(=O)N(C)C)s2)nn1C. The Labute approximate surface area is 117 Å². The highest BCUT2D eigenvalue weighted by atomic mass is 32.1. The van der Waals surface area contributed by atoms with Gasteiger partial charge in [0.2, 0.25) is 0 Å². The van der Waals surface area contributed by atoms with E-state index in [1.54, 1.807) is 19.0 Å². The van der Waals surface area contributed by atoms with E-state index in [-0.39, 0.29) is 5.91 Å². The fourth-order valence-electron chi connectivity index (χ4n) is 1.95. The molecule has 2 aromatic heterocycles. The van der Waals surface area contributed by atoms with Gasteiger partial charge in [-0.05, 0) is 24.1 Å². The maximum Gasteiger partial charge on any atom is 0.263 e. The lowest BCUT2D eigenvalue weighted by molar-refractivity contribution is 0.0832. The van der Waals surface area contributed by atoms with E-state index in [1.165, 1.54) is 17.0 Å². The van der Waals surface area contributed by atoms with Crippen molar-refractivity contribution < 1.29 is 4.79 Å². The van der Waals surface area contributed by atoms with Crippen molar-refractivity contribution in [1.29, 1.82) is 0 Å². The Morgan fingerprint density at radius 1 is 1.37 bits per heavy atom. The third-order valence-electron chi connectivity index (χ3n) is 2.98. The monoisotopic (exact) mass is 277 g/mol. The Morgan fingerprint density at radius 3 is 2.58 bits per heavy atom. The van der Waals surface area contributed by atoms with Crippen molar-refractivity contribution in [1.82, 2.24) is 14.7 Å². The van der Waals surface area contributed by atoms with Crippen LogP contribution < -0.4 is 0 Å². The van der Waals surface area contributed by atoms with Gasteiger partial charge in [0, 0.05) is 26.8 Å². The molecule has 0 aliphatic carbocycles. The molecule has 0 radical (unpaired) electrons. The van der Waals surface area contributed by atoms with Gasteiger partial charge in [0.05, 0.1) is 9.75 Å². The van der Waals surface area contributed by atoms with Gasteiger partial charge in [-0.1, -0.05) is 13.8 Å². The molecule has 0 aliphatic rings. The second-order valence-electron chi connectivity index (χ2n) is 5.10. The summed E-state index contributed by atoms with van der Waals surface area (Å²) in [5, 5.41) is 4.52. The molecule has 0 aromatic carbocycles. The molecule has 0 aliphatic heterocycles. The van der Waals surface area contributed by atoms with Gasteiger partial charge in [0.25, 0.3) is 5.91 Å². The number of aromatic nitrogens is 2. The zero-order chi connectivity index (χ0) is 14.2. The number of hydrogen-bond acceptors (Lipinski definition) is 3. The first-order chi connectivity index (χ1) is 8.90. The molecule has 4 nitrogen and oxygen atoms in total. The number of aryl methyl sites for hydroxylation is 1. The number of rotatable bonds is 3. The van der Waals surface area contributed by atoms with Gasteiger partial charge >= 0.3 is 0 Å². The van der Waals surface area contributed by atoms with Crippen molar-refractivity contribution in [3.05, 3.63) is 28.8 Å². The molecule has 2 rings (SSSR count). The first kappa shape index (κ1) is 13.8. The quantitative estimate of drug-likeness (QED) is 0.865. The summed E-state index contributed by atoms with van der Waals surface area (Å²) in [5.41, 5.74) is 2.14. The molecule has 0 spiro atoms. The van der Waals surface area contributed by atoms with E-state index in [0.717, 1.165) is 15.4 Å². The lowest BCUT2D eigenvalue weighted by Crippen LogP contribution is -2.20. The number of carbonyl (C=O) groups excluding carboxylic acids is 1. The summed E-state index contributed by atoms with van der Waals surface area (Å²) >= 11 is 1.49.